The van der Waals surface area contributed by atoms with Gasteiger partial charge in [0.25, 0.3) is 11.7 Å². The van der Waals surface area contributed by atoms with Crippen molar-refractivity contribution in [3.63, 3.8) is 0 Å². The van der Waals surface area contributed by atoms with Gasteiger partial charge in [-0.25, -0.2) is 4.79 Å². The summed E-state index contributed by atoms with van der Waals surface area (Å²) in [6.07, 6.45) is 0. The van der Waals surface area contributed by atoms with Gasteiger partial charge in [-0.05, 0) is 19.1 Å². The van der Waals surface area contributed by atoms with E-state index in [0.29, 0.717) is 19.6 Å². The number of rotatable bonds is 5. The lowest BCUT2D eigenvalue weighted by atomic mass is 10.1. The van der Waals surface area contributed by atoms with Crippen molar-refractivity contribution < 1.29 is 18.8 Å². The number of aromatic nitrogens is 2. The molecule has 10 heteroatoms. The number of carbonyl (C=O) groups is 2. The number of para-hydroxylation sites is 2. The third kappa shape index (κ3) is 4.10. The molecular weight excluding hydrogens is 352 g/mol. The second-order valence-electron chi connectivity index (χ2n) is 6.19. The number of nitrogens with one attached hydrogen (secondary N) is 1. The largest absolute Gasteiger partial charge is 0.495 e. The third-order valence-electron chi connectivity index (χ3n) is 4.39. The number of hydrogen-bond acceptors (Lipinski definition) is 7. The van der Waals surface area contributed by atoms with E-state index in [2.05, 4.69) is 20.4 Å². The predicted molar refractivity (Wildman–Crippen MR) is 96.4 cm³/mol. The van der Waals surface area contributed by atoms with Gasteiger partial charge in [-0.15, -0.1) is 0 Å². The van der Waals surface area contributed by atoms with Crippen LogP contribution in [0.3, 0.4) is 0 Å². The molecule has 144 valence electrons. The highest BCUT2D eigenvalue weighted by Gasteiger charge is 2.28. The Labute approximate surface area is 156 Å². The van der Waals surface area contributed by atoms with E-state index in [1.807, 2.05) is 31.2 Å². The van der Waals surface area contributed by atoms with E-state index in [1.54, 1.807) is 12.0 Å². The lowest BCUT2D eigenvalue weighted by Crippen LogP contribution is -2.56. The van der Waals surface area contributed by atoms with Crippen LogP contribution in [0.15, 0.2) is 28.8 Å². The zero-order chi connectivity index (χ0) is 19.4. The van der Waals surface area contributed by atoms with E-state index in [9.17, 15) is 9.59 Å². The van der Waals surface area contributed by atoms with Gasteiger partial charge in [0.05, 0.1) is 19.3 Å². The standard InChI is InChI=1S/C17H22N6O4/c1-11-10-22(12-5-3-4-6-13(12)26-2)7-8-23(11)17(25)19-9-14-20-16(15(18)24)21-27-14/h3-6,11H,7-10H2,1-2H3,(H2,18,24)(H,19,25)/t11-/m0/s1. The molecule has 0 aliphatic carbocycles. The molecule has 1 atom stereocenters. The Morgan fingerprint density at radius 3 is 2.81 bits per heavy atom. The average Bonchev–Trinajstić information content (AvgIpc) is 3.15. The molecule has 3 N–H and O–H groups in total. The second kappa shape index (κ2) is 7.94. The molecular formula is C17H22N6O4. The molecule has 1 aromatic carbocycles. The number of nitrogens with two attached hydrogens (primary N) is 1. The average molecular weight is 374 g/mol. The lowest BCUT2D eigenvalue weighted by Gasteiger charge is -2.41. The van der Waals surface area contributed by atoms with E-state index in [0.717, 1.165) is 11.4 Å². The molecule has 1 saturated heterocycles. The smallest absolute Gasteiger partial charge is 0.318 e. The van der Waals surface area contributed by atoms with Crippen molar-refractivity contribution in [3.8, 4) is 5.75 Å². The van der Waals surface area contributed by atoms with Gasteiger partial charge in [-0.2, -0.15) is 4.98 Å². The van der Waals surface area contributed by atoms with Crippen LogP contribution in [0.25, 0.3) is 0 Å². The van der Waals surface area contributed by atoms with Crippen LogP contribution >= 0.6 is 0 Å². The van der Waals surface area contributed by atoms with Crippen molar-refractivity contribution in [2.45, 2.75) is 19.5 Å². The topological polar surface area (TPSA) is 127 Å². The Morgan fingerprint density at radius 1 is 1.37 bits per heavy atom. The Balaban J connectivity index is 1.57. The Hall–Kier alpha value is -3.30. The minimum atomic E-state index is -0.780. The monoisotopic (exact) mass is 374 g/mol. The van der Waals surface area contributed by atoms with Crippen LogP contribution in [-0.2, 0) is 6.54 Å². The summed E-state index contributed by atoms with van der Waals surface area (Å²) in [5.74, 6) is -0.0582. The third-order valence-corrected chi connectivity index (χ3v) is 4.39. The molecule has 0 saturated carbocycles. The molecule has 3 rings (SSSR count). The van der Waals surface area contributed by atoms with Gasteiger partial charge in [0, 0.05) is 25.7 Å². The maximum Gasteiger partial charge on any atom is 0.318 e. The number of methoxy groups -OCH3 is 1. The van der Waals surface area contributed by atoms with Crippen molar-refractivity contribution in [1.29, 1.82) is 0 Å². The Morgan fingerprint density at radius 2 is 2.15 bits per heavy atom. The summed E-state index contributed by atoms with van der Waals surface area (Å²) in [5.41, 5.74) is 6.08. The molecule has 2 heterocycles. The zero-order valence-electron chi connectivity index (χ0n) is 15.2. The number of benzene rings is 1. The number of anilines is 1. The molecule has 1 aliphatic rings. The molecule has 1 fully saturated rings. The SMILES string of the molecule is COc1ccccc1N1CCN(C(=O)NCc2nc(C(N)=O)no2)[C@@H](C)C1. The minimum Gasteiger partial charge on any atom is -0.495 e. The summed E-state index contributed by atoms with van der Waals surface area (Å²) >= 11 is 0. The number of ether oxygens (including phenoxy) is 1. The van der Waals surface area contributed by atoms with E-state index >= 15 is 0 Å². The first-order valence-electron chi connectivity index (χ1n) is 8.54. The number of piperazine rings is 1. The van der Waals surface area contributed by atoms with Crippen molar-refractivity contribution >= 4 is 17.6 Å². The molecule has 0 bridgehead atoms. The summed E-state index contributed by atoms with van der Waals surface area (Å²) in [7, 11) is 1.65. The fourth-order valence-corrected chi connectivity index (χ4v) is 3.05. The number of carbonyl (C=O) groups excluding carboxylic acids is 2. The second-order valence-corrected chi connectivity index (χ2v) is 6.19. The van der Waals surface area contributed by atoms with Crippen molar-refractivity contribution in [1.82, 2.24) is 20.4 Å². The summed E-state index contributed by atoms with van der Waals surface area (Å²) in [6, 6.07) is 7.58. The van der Waals surface area contributed by atoms with E-state index in [-0.39, 0.29) is 30.3 Å². The number of hydrogen-bond donors (Lipinski definition) is 2. The molecule has 10 nitrogen and oxygen atoms in total. The molecule has 0 spiro atoms. The summed E-state index contributed by atoms with van der Waals surface area (Å²) in [6.45, 7) is 3.93. The van der Waals surface area contributed by atoms with Gasteiger partial charge in [-0.1, -0.05) is 17.3 Å². The Kier molecular flexibility index (Phi) is 5.43. The summed E-state index contributed by atoms with van der Waals surface area (Å²) < 4.78 is 10.3. The maximum absolute atomic E-state index is 12.5. The molecule has 1 aromatic heterocycles. The number of nitrogens with zero attached hydrogens (tertiary/aromatic N) is 4. The fraction of sp³-hybridized carbons (Fsp3) is 0.412. The van der Waals surface area contributed by atoms with Crippen molar-refractivity contribution in [3.05, 3.63) is 36.0 Å². The summed E-state index contributed by atoms with van der Waals surface area (Å²) in [5, 5.41) is 6.16. The van der Waals surface area contributed by atoms with Crippen LogP contribution in [0.1, 0.15) is 23.4 Å². The highest BCUT2D eigenvalue weighted by atomic mass is 16.5. The minimum absolute atomic E-state index is 0.00692. The summed E-state index contributed by atoms with van der Waals surface area (Å²) in [4.78, 5) is 31.2. The first kappa shape index (κ1) is 18.5. The van der Waals surface area contributed by atoms with Crippen LogP contribution in [0.5, 0.6) is 5.75 Å². The molecule has 0 unspecified atom stereocenters. The van der Waals surface area contributed by atoms with Crippen LogP contribution < -0.4 is 20.7 Å². The van der Waals surface area contributed by atoms with E-state index in [1.165, 1.54) is 0 Å². The normalized spacial score (nSPS) is 16.9. The van der Waals surface area contributed by atoms with Crippen molar-refractivity contribution in [2.75, 3.05) is 31.6 Å². The van der Waals surface area contributed by atoms with Gasteiger partial charge in [0.1, 0.15) is 5.75 Å². The van der Waals surface area contributed by atoms with Crippen LogP contribution in [-0.4, -0.2) is 59.8 Å². The zero-order valence-corrected chi connectivity index (χ0v) is 15.2. The quantitative estimate of drug-likeness (QED) is 0.784. The first-order valence-corrected chi connectivity index (χ1v) is 8.54. The molecule has 3 amide bonds. The van der Waals surface area contributed by atoms with Crippen molar-refractivity contribution in [2.24, 2.45) is 5.73 Å². The number of urea groups is 1. The molecule has 1 aliphatic heterocycles. The van der Waals surface area contributed by atoms with Crippen LogP contribution in [0.4, 0.5) is 10.5 Å². The first-order chi connectivity index (χ1) is 13.0. The highest BCUT2D eigenvalue weighted by Crippen LogP contribution is 2.29. The van der Waals surface area contributed by atoms with Gasteiger partial charge >= 0.3 is 6.03 Å². The van der Waals surface area contributed by atoms with E-state index < -0.39 is 5.91 Å². The lowest BCUT2D eigenvalue weighted by molar-refractivity contribution is 0.0987. The van der Waals surface area contributed by atoms with Gasteiger partial charge in [0.2, 0.25) is 5.89 Å². The number of primary amides is 1. The predicted octanol–water partition coefficient (Wildman–Crippen LogP) is 0.597. The van der Waals surface area contributed by atoms with Gasteiger partial charge < -0.3 is 30.1 Å². The van der Waals surface area contributed by atoms with Gasteiger partial charge in [0.15, 0.2) is 0 Å². The number of amides is 3. The maximum atomic E-state index is 12.5. The van der Waals surface area contributed by atoms with Crippen LogP contribution in [0, 0.1) is 0 Å². The van der Waals surface area contributed by atoms with Crippen LogP contribution in [0.2, 0.25) is 0 Å². The van der Waals surface area contributed by atoms with E-state index in [4.69, 9.17) is 15.0 Å². The highest BCUT2D eigenvalue weighted by molar-refractivity contribution is 5.88. The molecule has 2 aromatic rings. The van der Waals surface area contributed by atoms with Gasteiger partial charge in [-0.3, -0.25) is 4.79 Å². The Bertz CT molecular complexity index is 823. The molecule has 0 radical (unpaired) electrons. The fourth-order valence-electron chi connectivity index (χ4n) is 3.05. The molecule has 27 heavy (non-hydrogen) atoms.